The van der Waals surface area contributed by atoms with Crippen LogP contribution in [0.1, 0.15) is 40.1 Å². The molecule has 52 heavy (non-hydrogen) atoms. The van der Waals surface area contributed by atoms with Crippen molar-refractivity contribution in [3.05, 3.63) is 98.5 Å². The molecule has 4 aliphatic rings. The average molecular weight is 761 g/mol. The number of sulfonamides is 1. The van der Waals surface area contributed by atoms with Gasteiger partial charge in [0, 0.05) is 21.7 Å². The number of thioether (sulfide) groups is 1. The lowest BCUT2D eigenvalue weighted by Gasteiger charge is -2.43. The van der Waals surface area contributed by atoms with Gasteiger partial charge in [0.05, 0.1) is 39.6 Å². The number of fused-ring (bicyclic) bond motifs is 9. The predicted molar refractivity (Wildman–Crippen MR) is 192 cm³/mol. The van der Waals surface area contributed by atoms with Crippen LogP contribution in [-0.2, 0) is 29.1 Å². The fraction of sp³-hybridized carbons (Fsp3) is 0.306. The fourth-order valence-corrected chi connectivity index (χ4v) is 11.9. The Morgan fingerprint density at radius 1 is 0.942 bits per heavy atom. The molecule has 2 aliphatic carbocycles. The van der Waals surface area contributed by atoms with E-state index in [0.29, 0.717) is 22.7 Å². The summed E-state index contributed by atoms with van der Waals surface area (Å²) in [5.41, 5.74) is 2.08. The Hall–Kier alpha value is -4.77. The second kappa shape index (κ2) is 13.0. The van der Waals surface area contributed by atoms with Crippen LogP contribution in [0, 0.1) is 29.6 Å². The maximum Gasteiger partial charge on any atom is 0.338 e. The number of esters is 1. The first-order valence-corrected chi connectivity index (χ1v) is 19.9. The molecule has 8 rings (SSSR count). The zero-order valence-corrected chi connectivity index (χ0v) is 30.0. The van der Waals surface area contributed by atoms with Gasteiger partial charge in [-0.3, -0.25) is 24.1 Å². The largest absolute Gasteiger partial charge is 0.484 e. The molecule has 2 aliphatic heterocycles. The van der Waals surface area contributed by atoms with Crippen LogP contribution in [0.3, 0.4) is 0 Å². The number of H-pyrrole nitrogens is 1. The van der Waals surface area contributed by atoms with E-state index in [4.69, 9.17) is 14.6 Å². The van der Waals surface area contributed by atoms with Crippen molar-refractivity contribution in [2.45, 2.75) is 34.4 Å². The van der Waals surface area contributed by atoms with E-state index in [1.807, 2.05) is 12.1 Å². The molecule has 13 nitrogen and oxygen atoms in total. The molecule has 1 aromatic heterocycles. The SMILES string of the molecule is CCOC(=O)c1ccc(N2C(=O)C3C4CC(C3C2=O)C2C4Sc3[nH]c(=O)sc3[C@@H]2c2ccc(OCC(=O)Nc3ccc(S(N)(=O)=O)cc3)cc2)cc1. The lowest BCUT2D eigenvalue weighted by molar-refractivity contribution is -0.123. The number of nitrogens with two attached hydrogens (primary N) is 1. The van der Waals surface area contributed by atoms with Crippen molar-refractivity contribution in [1.82, 2.24) is 4.98 Å². The lowest BCUT2D eigenvalue weighted by Crippen LogP contribution is -2.42. The first-order valence-electron chi connectivity index (χ1n) is 16.6. The summed E-state index contributed by atoms with van der Waals surface area (Å²) < 4.78 is 33.8. The van der Waals surface area contributed by atoms with Crippen LogP contribution < -0.4 is 25.0 Å². The van der Waals surface area contributed by atoms with Crippen molar-refractivity contribution in [2.75, 3.05) is 23.4 Å². The summed E-state index contributed by atoms with van der Waals surface area (Å²) in [5.74, 6) is -2.21. The summed E-state index contributed by atoms with van der Waals surface area (Å²) >= 11 is 2.77. The van der Waals surface area contributed by atoms with Gasteiger partial charge in [-0.25, -0.2) is 18.4 Å². The van der Waals surface area contributed by atoms with E-state index in [1.54, 1.807) is 55.1 Å². The smallest absolute Gasteiger partial charge is 0.338 e. The highest BCUT2D eigenvalue weighted by Gasteiger charge is 2.69. The standard InChI is InChI=1S/C36H32N4O9S3/c1-2-48-35(44)18-3-9-20(10-4-18)40-33(42)28-23-15-24(29(28)34(40)43)30-27(23)26(31-32(50-30)39-36(45)51-31)17-5-11-21(12-6-17)49-16-25(41)38-19-7-13-22(14-8-19)52(37,46)47/h3-14,23-24,26-30H,2,15-16H2,1H3,(H,38,41)(H,39,45)(H2,37,46,47)/t23?,24?,26-,27?,28?,29?,30?/m1/s1. The van der Waals surface area contributed by atoms with E-state index >= 15 is 0 Å². The van der Waals surface area contributed by atoms with Gasteiger partial charge in [-0.2, -0.15) is 0 Å². The average Bonchev–Trinajstić information content (AvgIpc) is 3.86. The zero-order chi connectivity index (χ0) is 36.5. The summed E-state index contributed by atoms with van der Waals surface area (Å²) in [7, 11) is -3.85. The fourth-order valence-electron chi connectivity index (χ4n) is 8.45. The summed E-state index contributed by atoms with van der Waals surface area (Å²) in [4.78, 5) is 70.4. The number of imide groups is 1. The van der Waals surface area contributed by atoms with Crippen LogP contribution in [0.5, 0.6) is 5.75 Å². The molecule has 3 fully saturated rings. The van der Waals surface area contributed by atoms with Crippen molar-refractivity contribution in [3.63, 3.8) is 0 Å². The normalized spacial score (nSPS) is 25.7. The minimum Gasteiger partial charge on any atom is -0.484 e. The minimum absolute atomic E-state index is 0.00344. The number of primary sulfonamides is 1. The highest BCUT2D eigenvalue weighted by molar-refractivity contribution is 8.00. The van der Waals surface area contributed by atoms with Crippen molar-refractivity contribution < 1.29 is 37.1 Å². The van der Waals surface area contributed by atoms with Crippen molar-refractivity contribution >= 4 is 68.2 Å². The number of thiazole rings is 1. The Labute approximate surface area is 305 Å². The molecule has 3 heterocycles. The van der Waals surface area contributed by atoms with Crippen molar-refractivity contribution in [2.24, 2.45) is 34.7 Å². The molecule has 268 valence electrons. The molecule has 3 amide bonds. The van der Waals surface area contributed by atoms with Gasteiger partial charge in [0.15, 0.2) is 6.61 Å². The molecule has 4 aromatic rings. The van der Waals surface area contributed by atoms with Crippen LogP contribution >= 0.6 is 23.1 Å². The predicted octanol–water partition coefficient (Wildman–Crippen LogP) is 3.96. The van der Waals surface area contributed by atoms with Gasteiger partial charge >= 0.3 is 10.8 Å². The number of benzene rings is 3. The van der Waals surface area contributed by atoms with Gasteiger partial charge in [0.2, 0.25) is 21.8 Å². The first kappa shape index (κ1) is 34.3. The Balaban J connectivity index is 1.00. The van der Waals surface area contributed by atoms with E-state index < -0.39 is 33.7 Å². The topological polar surface area (TPSA) is 195 Å². The molecule has 2 saturated carbocycles. The third-order valence-electron chi connectivity index (χ3n) is 10.4. The number of aromatic nitrogens is 1. The van der Waals surface area contributed by atoms with E-state index in [1.165, 1.54) is 40.5 Å². The third kappa shape index (κ3) is 5.83. The number of anilines is 2. The number of hydrogen-bond acceptors (Lipinski definition) is 11. The summed E-state index contributed by atoms with van der Waals surface area (Å²) in [6.07, 6.45) is 0.738. The molecule has 2 bridgehead atoms. The van der Waals surface area contributed by atoms with Gasteiger partial charge < -0.3 is 19.8 Å². The van der Waals surface area contributed by atoms with Crippen LogP contribution in [-0.4, -0.2) is 55.6 Å². The number of rotatable bonds is 9. The number of hydrogen-bond donors (Lipinski definition) is 3. The van der Waals surface area contributed by atoms with E-state index in [2.05, 4.69) is 10.3 Å². The Bertz CT molecular complexity index is 2270. The van der Waals surface area contributed by atoms with Crippen LogP contribution in [0.25, 0.3) is 0 Å². The molecular weight excluding hydrogens is 729 g/mol. The molecule has 16 heteroatoms. The summed E-state index contributed by atoms with van der Waals surface area (Å²) in [6.45, 7) is 1.66. The van der Waals surface area contributed by atoms with Crippen LogP contribution in [0.4, 0.5) is 11.4 Å². The summed E-state index contributed by atoms with van der Waals surface area (Å²) in [5, 5.41) is 8.58. The highest BCUT2D eigenvalue weighted by Crippen LogP contribution is 2.68. The molecule has 7 atom stereocenters. The monoisotopic (exact) mass is 760 g/mol. The van der Waals surface area contributed by atoms with E-state index in [-0.39, 0.29) is 63.7 Å². The second-order valence-electron chi connectivity index (χ2n) is 13.2. The van der Waals surface area contributed by atoms with Crippen molar-refractivity contribution in [1.29, 1.82) is 0 Å². The quantitative estimate of drug-likeness (QED) is 0.166. The van der Waals surface area contributed by atoms with Crippen LogP contribution in [0.15, 0.2) is 87.5 Å². The molecule has 0 radical (unpaired) electrons. The van der Waals surface area contributed by atoms with Gasteiger partial charge in [-0.05, 0) is 97.3 Å². The number of carbonyl (C=O) groups excluding carboxylic acids is 4. The number of ether oxygens (including phenoxy) is 2. The number of carbonyl (C=O) groups is 4. The highest BCUT2D eigenvalue weighted by atomic mass is 32.2. The number of amides is 3. The maximum atomic E-state index is 14.1. The Morgan fingerprint density at radius 3 is 2.27 bits per heavy atom. The Kier molecular flexibility index (Phi) is 8.59. The molecule has 6 unspecified atom stereocenters. The van der Waals surface area contributed by atoms with Crippen LogP contribution in [0.2, 0.25) is 0 Å². The zero-order valence-electron chi connectivity index (χ0n) is 27.5. The molecule has 3 aromatic carbocycles. The lowest BCUT2D eigenvalue weighted by atomic mass is 9.68. The van der Waals surface area contributed by atoms with Crippen molar-refractivity contribution in [3.8, 4) is 5.75 Å². The minimum atomic E-state index is -3.85. The molecular formula is C36H32N4O9S3. The number of aromatic amines is 1. The molecule has 0 spiro atoms. The summed E-state index contributed by atoms with van der Waals surface area (Å²) in [6, 6.07) is 19.1. The number of nitrogens with zero attached hydrogens (tertiary/aromatic N) is 1. The van der Waals surface area contributed by atoms with E-state index in [9.17, 15) is 32.4 Å². The van der Waals surface area contributed by atoms with Gasteiger partial charge in [0.25, 0.3) is 5.91 Å². The molecule has 1 saturated heterocycles. The number of nitrogens with one attached hydrogen (secondary N) is 2. The maximum absolute atomic E-state index is 14.1. The molecule has 4 N–H and O–H groups in total. The third-order valence-corrected chi connectivity index (χ3v) is 14.0. The first-order chi connectivity index (χ1) is 24.9. The second-order valence-corrected chi connectivity index (χ2v) is 17.0. The van der Waals surface area contributed by atoms with Gasteiger partial charge in [-0.1, -0.05) is 23.5 Å². The van der Waals surface area contributed by atoms with E-state index in [0.717, 1.165) is 21.9 Å². The van der Waals surface area contributed by atoms with Gasteiger partial charge in [-0.15, -0.1) is 11.8 Å². The van der Waals surface area contributed by atoms with Gasteiger partial charge in [0.1, 0.15) is 5.75 Å². The Morgan fingerprint density at radius 2 is 1.62 bits per heavy atom.